The summed E-state index contributed by atoms with van der Waals surface area (Å²) in [4.78, 5) is 55.5. The molecule has 15 nitrogen and oxygen atoms in total. The highest BCUT2D eigenvalue weighted by Gasteiger charge is 2.40. The number of hydrogen-bond donors (Lipinski definition) is 5. The van der Waals surface area contributed by atoms with Crippen molar-refractivity contribution in [3.05, 3.63) is 117 Å². The summed E-state index contributed by atoms with van der Waals surface area (Å²) in [6.07, 6.45) is 1.30. The van der Waals surface area contributed by atoms with E-state index in [9.17, 15) is 24.3 Å². The molecule has 17 heteroatoms. The van der Waals surface area contributed by atoms with Crippen molar-refractivity contribution in [1.29, 1.82) is 0 Å². The van der Waals surface area contributed by atoms with Crippen molar-refractivity contribution in [2.75, 3.05) is 39.2 Å². The molecular formula is C54H70ClN5O10Si. The number of H-pyrrole nitrogens is 1. The second kappa shape index (κ2) is 23.4. The van der Waals surface area contributed by atoms with Crippen LogP contribution in [0.25, 0.3) is 22.0 Å². The number of methoxy groups -OCH3 is 1. The number of phenols is 1. The number of aromatic amines is 1. The monoisotopic (exact) mass is 1010 g/mol. The number of fused-ring (bicyclic) bond motifs is 1. The van der Waals surface area contributed by atoms with Gasteiger partial charge in [0.25, 0.3) is 5.91 Å². The summed E-state index contributed by atoms with van der Waals surface area (Å²) in [6, 6.07) is 25.5. The van der Waals surface area contributed by atoms with Gasteiger partial charge < -0.3 is 49.0 Å². The fraction of sp³-hybridized carbons (Fsp3) is 0.444. The van der Waals surface area contributed by atoms with Gasteiger partial charge in [-0.25, -0.2) is 9.59 Å². The fourth-order valence-corrected chi connectivity index (χ4v) is 9.64. The van der Waals surface area contributed by atoms with Gasteiger partial charge in [0.1, 0.15) is 29.0 Å². The number of amides is 3. The van der Waals surface area contributed by atoms with Crippen LogP contribution in [0.1, 0.15) is 90.0 Å². The first kappa shape index (κ1) is 54.3. The van der Waals surface area contributed by atoms with E-state index in [1.54, 1.807) is 43.3 Å². The quantitative estimate of drug-likeness (QED) is 0.0525. The zero-order valence-corrected chi connectivity index (χ0v) is 44.4. The number of pyridine rings is 1. The number of aromatic hydroxyl groups is 1. The van der Waals surface area contributed by atoms with Gasteiger partial charge in [0.05, 0.1) is 29.4 Å². The van der Waals surface area contributed by atoms with Crippen LogP contribution < -0.4 is 31.0 Å². The Morgan fingerprint density at radius 3 is 2.30 bits per heavy atom. The molecule has 0 bridgehead atoms. The van der Waals surface area contributed by atoms with E-state index in [1.807, 2.05) is 75.4 Å². The lowest BCUT2D eigenvalue weighted by atomic mass is 9.93. The van der Waals surface area contributed by atoms with Crippen molar-refractivity contribution in [3.8, 4) is 28.4 Å². The summed E-state index contributed by atoms with van der Waals surface area (Å²) >= 11 is 6.77. The summed E-state index contributed by atoms with van der Waals surface area (Å²) in [5.41, 5.74) is 4.28. The van der Waals surface area contributed by atoms with Crippen molar-refractivity contribution < 1.29 is 42.9 Å². The number of likely N-dealkylation sites (N-methyl/N-ethyl adjacent to an activating group) is 1. The highest BCUT2D eigenvalue weighted by atomic mass is 35.5. The number of ether oxygens (including phenoxy) is 4. The van der Waals surface area contributed by atoms with Gasteiger partial charge in [-0.2, -0.15) is 0 Å². The number of halogens is 1. The molecule has 1 aromatic heterocycles. The molecule has 1 aliphatic rings. The van der Waals surface area contributed by atoms with E-state index in [2.05, 4.69) is 54.8 Å². The molecule has 0 aliphatic heterocycles. The SMILES string of the molecule is COc1cc(OCC(=O)N(C)CCc2ccc(-c3ccccc3)c(NC(=O)OC3CCC(NC(=O)OC(C)(C)C)CC3)c2)c(Cl)cc1CNC[C@H](O[Si](C)(C)C(C)(C)C)c1ccc(O)c2[nH]c(=O)ccc12. The number of anilines is 1. The maximum atomic E-state index is 13.4. The third-order valence-corrected chi connectivity index (χ3v) is 17.8. The largest absolute Gasteiger partial charge is 0.506 e. The molecule has 1 atom stereocenters. The smallest absolute Gasteiger partial charge is 0.411 e. The van der Waals surface area contributed by atoms with Crippen LogP contribution in [-0.4, -0.2) is 93.0 Å². The second-order valence-corrected chi connectivity index (χ2v) is 25.8. The zero-order valence-electron chi connectivity index (χ0n) is 42.6. The molecule has 1 aliphatic carbocycles. The Labute approximate surface area is 423 Å². The summed E-state index contributed by atoms with van der Waals surface area (Å²) in [5, 5.41) is 20.9. The minimum Gasteiger partial charge on any atom is -0.506 e. The molecule has 1 fully saturated rings. The molecular weight excluding hydrogens is 942 g/mol. The molecule has 0 saturated heterocycles. The second-order valence-electron chi connectivity index (χ2n) is 20.6. The first-order valence-electron chi connectivity index (χ1n) is 24.1. The number of hydrogen-bond acceptors (Lipinski definition) is 11. The van der Waals surface area contributed by atoms with E-state index < -0.39 is 32.2 Å². The Hall–Kier alpha value is -6.07. The Balaban J connectivity index is 1.05. The maximum Gasteiger partial charge on any atom is 0.411 e. The average Bonchev–Trinajstić information content (AvgIpc) is 3.30. The van der Waals surface area contributed by atoms with Crippen LogP contribution in [-0.2, 0) is 31.7 Å². The highest BCUT2D eigenvalue weighted by molar-refractivity contribution is 6.74. The van der Waals surface area contributed by atoms with Crippen LogP contribution in [0.15, 0.2) is 89.7 Å². The van der Waals surface area contributed by atoms with Crippen LogP contribution in [0.3, 0.4) is 0 Å². The summed E-state index contributed by atoms with van der Waals surface area (Å²) < 4.78 is 30.0. The van der Waals surface area contributed by atoms with Gasteiger partial charge in [0.2, 0.25) is 5.56 Å². The van der Waals surface area contributed by atoms with E-state index in [0.29, 0.717) is 84.9 Å². The fourth-order valence-electron chi connectivity index (χ4n) is 8.12. The van der Waals surface area contributed by atoms with Crippen LogP contribution in [0.4, 0.5) is 15.3 Å². The molecule has 382 valence electrons. The van der Waals surface area contributed by atoms with Crippen molar-refractivity contribution in [3.63, 3.8) is 0 Å². The molecule has 0 unspecified atom stereocenters. The molecule has 0 radical (unpaired) electrons. The molecule has 1 heterocycles. The molecule has 4 aromatic carbocycles. The van der Waals surface area contributed by atoms with E-state index >= 15 is 0 Å². The van der Waals surface area contributed by atoms with Crippen molar-refractivity contribution >= 4 is 54.6 Å². The number of benzene rings is 4. The van der Waals surface area contributed by atoms with Gasteiger partial charge in [0, 0.05) is 61.4 Å². The third-order valence-electron chi connectivity index (χ3n) is 13.1. The highest BCUT2D eigenvalue weighted by Crippen LogP contribution is 2.41. The van der Waals surface area contributed by atoms with Crippen molar-refractivity contribution in [1.82, 2.24) is 20.5 Å². The summed E-state index contributed by atoms with van der Waals surface area (Å²) in [6.45, 7) is 17.2. The van der Waals surface area contributed by atoms with Crippen LogP contribution in [0.5, 0.6) is 17.2 Å². The van der Waals surface area contributed by atoms with E-state index in [1.165, 1.54) is 6.07 Å². The number of aromatic nitrogens is 1. The summed E-state index contributed by atoms with van der Waals surface area (Å²) in [7, 11) is 0.952. The predicted octanol–water partition coefficient (Wildman–Crippen LogP) is 10.9. The van der Waals surface area contributed by atoms with Crippen LogP contribution >= 0.6 is 11.6 Å². The lowest BCUT2D eigenvalue weighted by molar-refractivity contribution is -0.132. The lowest BCUT2D eigenvalue weighted by Crippen LogP contribution is -2.43. The van der Waals surface area contributed by atoms with Gasteiger partial charge in [-0.05, 0) is 112 Å². The lowest BCUT2D eigenvalue weighted by Gasteiger charge is -2.39. The van der Waals surface area contributed by atoms with Gasteiger partial charge in [-0.3, -0.25) is 14.9 Å². The molecule has 1 saturated carbocycles. The topological polar surface area (TPSA) is 190 Å². The molecule has 71 heavy (non-hydrogen) atoms. The maximum absolute atomic E-state index is 13.4. The molecule has 5 N–H and O–H groups in total. The number of carbonyl (C=O) groups excluding carboxylic acids is 3. The van der Waals surface area contributed by atoms with Gasteiger partial charge in [-0.15, -0.1) is 0 Å². The Kier molecular flexibility index (Phi) is 17.9. The number of carbonyl (C=O) groups is 3. The average molecular weight is 1010 g/mol. The Morgan fingerprint density at radius 1 is 0.901 bits per heavy atom. The minimum atomic E-state index is -2.31. The standard InChI is InChI=1S/C54H70ClN5O10Si/c1-53(2,3)69-52(65)57-37-17-19-38(20-18-37)68-51(64)58-43-28-34(16-21-39(43)35-14-12-11-13-15-35)26-27-60(7)49(63)33-67-46-30-45(66-8)36(29-42(46)55)31-56-32-47(70-71(9,10)54(4,5)6)40-22-24-44(61)50-41(40)23-25-48(62)59-50/h11-16,21-25,28-30,37-38,47,56,61H,17-20,26-27,31-33H2,1-10H3,(H,57,65)(H,58,64)(H,59,62)/t37?,38?,47-/m0/s1. The number of nitrogens with one attached hydrogen (secondary N) is 4. The first-order valence-corrected chi connectivity index (χ1v) is 27.4. The third kappa shape index (κ3) is 15.0. The zero-order chi connectivity index (χ0) is 51.7. The van der Waals surface area contributed by atoms with E-state index in [4.69, 9.17) is 35.0 Å². The predicted molar refractivity (Wildman–Crippen MR) is 281 cm³/mol. The van der Waals surface area contributed by atoms with Gasteiger partial charge >= 0.3 is 12.2 Å². The van der Waals surface area contributed by atoms with E-state index in [0.717, 1.165) is 27.8 Å². The minimum absolute atomic E-state index is 0.0200. The summed E-state index contributed by atoms with van der Waals surface area (Å²) in [5.74, 6) is 0.526. The van der Waals surface area contributed by atoms with Crippen molar-refractivity contribution in [2.24, 2.45) is 0 Å². The molecule has 5 aromatic rings. The molecule has 6 rings (SSSR count). The van der Waals surface area contributed by atoms with Crippen LogP contribution in [0, 0.1) is 0 Å². The number of alkyl carbamates (subject to hydrolysis) is 1. The number of phenolic OH excluding ortho intramolecular Hbond substituents is 1. The number of nitrogens with zero attached hydrogens (tertiary/aromatic N) is 1. The normalized spacial score (nSPS) is 15.6. The first-order chi connectivity index (χ1) is 33.5. The molecule has 3 amide bonds. The number of rotatable bonds is 18. The van der Waals surface area contributed by atoms with Gasteiger partial charge in [0.15, 0.2) is 14.9 Å². The Bertz CT molecular complexity index is 2710. The Morgan fingerprint density at radius 2 is 1.62 bits per heavy atom. The molecule has 0 spiro atoms. The van der Waals surface area contributed by atoms with Gasteiger partial charge in [-0.1, -0.05) is 80.9 Å². The van der Waals surface area contributed by atoms with E-state index in [-0.39, 0.29) is 41.0 Å². The van der Waals surface area contributed by atoms with Crippen molar-refractivity contribution in [2.45, 2.75) is 122 Å². The van der Waals surface area contributed by atoms with Crippen LogP contribution in [0.2, 0.25) is 23.2 Å².